The Kier molecular flexibility index (Phi) is 3.41. The van der Waals surface area contributed by atoms with Crippen LogP contribution in [0.5, 0.6) is 5.75 Å². The van der Waals surface area contributed by atoms with Crippen molar-refractivity contribution in [2.45, 2.75) is 12.6 Å². The highest BCUT2D eigenvalue weighted by atomic mass is 19.4. The summed E-state index contributed by atoms with van der Waals surface area (Å²) in [6, 6.07) is 2.92. The molecular formula is C10H10F3NO2. The molecule has 0 aliphatic carbocycles. The molecule has 16 heavy (non-hydrogen) atoms. The minimum absolute atomic E-state index is 0.00799. The molecule has 0 atom stereocenters. The van der Waals surface area contributed by atoms with E-state index in [1.807, 2.05) is 0 Å². The molecule has 0 unspecified atom stereocenters. The molecule has 0 heterocycles. The maximum atomic E-state index is 12.4. The smallest absolute Gasteiger partial charge is 0.416 e. The van der Waals surface area contributed by atoms with Crippen molar-refractivity contribution in [2.24, 2.45) is 5.73 Å². The van der Waals surface area contributed by atoms with Gasteiger partial charge in [0.05, 0.1) is 19.1 Å². The van der Waals surface area contributed by atoms with Gasteiger partial charge in [-0.3, -0.25) is 4.79 Å². The van der Waals surface area contributed by atoms with Gasteiger partial charge < -0.3 is 10.5 Å². The van der Waals surface area contributed by atoms with Crippen LogP contribution in [0.2, 0.25) is 0 Å². The van der Waals surface area contributed by atoms with Gasteiger partial charge in [-0.25, -0.2) is 0 Å². The summed E-state index contributed by atoms with van der Waals surface area (Å²) in [7, 11) is 1.24. The normalized spacial score (nSPS) is 11.2. The Hall–Kier alpha value is -1.72. The van der Waals surface area contributed by atoms with Crippen LogP contribution in [0, 0.1) is 0 Å². The zero-order valence-corrected chi connectivity index (χ0v) is 8.47. The molecule has 0 aromatic heterocycles. The number of halogens is 3. The molecule has 1 rings (SSSR count). The summed E-state index contributed by atoms with van der Waals surface area (Å²) in [5.74, 6) is -0.619. The molecule has 88 valence electrons. The summed E-state index contributed by atoms with van der Waals surface area (Å²) >= 11 is 0. The predicted molar refractivity (Wildman–Crippen MR) is 50.9 cm³/mol. The van der Waals surface area contributed by atoms with E-state index in [4.69, 9.17) is 10.5 Å². The van der Waals surface area contributed by atoms with Gasteiger partial charge in [0.2, 0.25) is 5.91 Å². The Morgan fingerprint density at radius 3 is 2.50 bits per heavy atom. The number of hydrogen-bond donors (Lipinski definition) is 1. The van der Waals surface area contributed by atoms with Crippen LogP contribution < -0.4 is 10.5 Å². The molecule has 0 radical (unpaired) electrons. The topological polar surface area (TPSA) is 52.3 Å². The Morgan fingerprint density at radius 1 is 1.44 bits per heavy atom. The van der Waals surface area contributed by atoms with Crippen LogP contribution in [0.3, 0.4) is 0 Å². The highest BCUT2D eigenvalue weighted by Crippen LogP contribution is 2.33. The van der Waals surface area contributed by atoms with Crippen molar-refractivity contribution in [3.05, 3.63) is 29.3 Å². The fourth-order valence-electron chi connectivity index (χ4n) is 1.25. The van der Waals surface area contributed by atoms with E-state index in [2.05, 4.69) is 0 Å². The molecule has 1 amide bonds. The number of primary amides is 1. The number of methoxy groups -OCH3 is 1. The number of carbonyl (C=O) groups excluding carboxylic acids is 1. The molecule has 0 bridgehead atoms. The summed E-state index contributed by atoms with van der Waals surface area (Å²) in [4.78, 5) is 10.7. The molecule has 0 aliphatic heterocycles. The number of carbonyl (C=O) groups is 1. The predicted octanol–water partition coefficient (Wildman–Crippen LogP) is 1.74. The molecule has 1 aromatic rings. The quantitative estimate of drug-likeness (QED) is 0.864. The maximum absolute atomic E-state index is 12.4. The largest absolute Gasteiger partial charge is 0.496 e. The molecule has 0 spiro atoms. The van der Waals surface area contributed by atoms with Gasteiger partial charge in [0, 0.05) is 5.56 Å². The summed E-state index contributed by atoms with van der Waals surface area (Å²) < 4.78 is 41.8. The van der Waals surface area contributed by atoms with Gasteiger partial charge in [-0.2, -0.15) is 13.2 Å². The molecule has 0 saturated heterocycles. The number of ether oxygens (including phenoxy) is 1. The van der Waals surface area contributed by atoms with Crippen molar-refractivity contribution in [3.8, 4) is 5.75 Å². The highest BCUT2D eigenvalue weighted by molar-refractivity contribution is 5.77. The average molecular weight is 233 g/mol. The van der Waals surface area contributed by atoms with E-state index in [1.54, 1.807) is 0 Å². The van der Waals surface area contributed by atoms with E-state index < -0.39 is 17.6 Å². The van der Waals surface area contributed by atoms with Gasteiger partial charge in [0.15, 0.2) is 0 Å². The first-order valence-electron chi connectivity index (χ1n) is 4.37. The van der Waals surface area contributed by atoms with Gasteiger partial charge in [-0.05, 0) is 12.1 Å². The zero-order chi connectivity index (χ0) is 12.3. The van der Waals surface area contributed by atoms with E-state index in [1.165, 1.54) is 13.2 Å². The number of hydrogen-bond acceptors (Lipinski definition) is 2. The Balaban J connectivity index is 3.11. The fourth-order valence-corrected chi connectivity index (χ4v) is 1.25. The lowest BCUT2D eigenvalue weighted by Gasteiger charge is -2.11. The number of rotatable bonds is 3. The highest BCUT2D eigenvalue weighted by Gasteiger charge is 2.31. The van der Waals surface area contributed by atoms with Crippen molar-refractivity contribution < 1.29 is 22.7 Å². The first-order valence-corrected chi connectivity index (χ1v) is 4.37. The second-order valence-electron chi connectivity index (χ2n) is 3.17. The van der Waals surface area contributed by atoms with Gasteiger partial charge in [-0.15, -0.1) is 0 Å². The Labute approximate surface area is 90.0 Å². The van der Waals surface area contributed by atoms with Gasteiger partial charge in [-0.1, -0.05) is 6.07 Å². The SMILES string of the molecule is COc1cc(C(F)(F)F)ccc1CC(N)=O. The first kappa shape index (κ1) is 12.4. The minimum atomic E-state index is -4.43. The van der Waals surface area contributed by atoms with Crippen molar-refractivity contribution in [2.75, 3.05) is 7.11 Å². The van der Waals surface area contributed by atoms with Gasteiger partial charge in [0.25, 0.3) is 0 Å². The molecule has 0 saturated carbocycles. The fraction of sp³-hybridized carbons (Fsp3) is 0.300. The lowest BCUT2D eigenvalue weighted by atomic mass is 10.1. The molecule has 1 aromatic carbocycles. The van der Waals surface area contributed by atoms with Crippen LogP contribution in [0.1, 0.15) is 11.1 Å². The van der Waals surface area contributed by atoms with E-state index in [0.29, 0.717) is 5.56 Å². The van der Waals surface area contributed by atoms with E-state index in [0.717, 1.165) is 12.1 Å². The third kappa shape index (κ3) is 2.88. The first-order chi connectivity index (χ1) is 7.34. The zero-order valence-electron chi connectivity index (χ0n) is 8.47. The number of nitrogens with two attached hydrogens (primary N) is 1. The molecule has 0 aliphatic rings. The van der Waals surface area contributed by atoms with Crippen LogP contribution in [0.25, 0.3) is 0 Å². The summed E-state index contributed by atoms with van der Waals surface area (Å²) in [5.41, 5.74) is 4.47. The van der Waals surface area contributed by atoms with Crippen LogP contribution >= 0.6 is 0 Å². The molecule has 6 heteroatoms. The lowest BCUT2D eigenvalue weighted by molar-refractivity contribution is -0.137. The average Bonchev–Trinajstić information content (AvgIpc) is 2.15. The van der Waals surface area contributed by atoms with E-state index in [-0.39, 0.29) is 12.2 Å². The van der Waals surface area contributed by atoms with E-state index >= 15 is 0 Å². The maximum Gasteiger partial charge on any atom is 0.416 e. The van der Waals surface area contributed by atoms with Gasteiger partial charge in [0.1, 0.15) is 5.75 Å². The molecule has 0 fully saturated rings. The van der Waals surface area contributed by atoms with Gasteiger partial charge >= 0.3 is 6.18 Å². The standard InChI is InChI=1S/C10H10F3NO2/c1-16-8-5-7(10(11,12)13)3-2-6(8)4-9(14)15/h2-3,5H,4H2,1H3,(H2,14,15). The number of amides is 1. The Morgan fingerprint density at radius 2 is 2.06 bits per heavy atom. The molecule has 2 N–H and O–H groups in total. The van der Waals surface area contributed by atoms with Crippen molar-refractivity contribution in [1.82, 2.24) is 0 Å². The summed E-state index contributed by atoms with van der Waals surface area (Å²) in [6.07, 6.45) is -4.58. The van der Waals surface area contributed by atoms with Crippen molar-refractivity contribution in [3.63, 3.8) is 0 Å². The third-order valence-electron chi connectivity index (χ3n) is 1.98. The number of alkyl halides is 3. The third-order valence-corrected chi connectivity index (χ3v) is 1.98. The lowest BCUT2D eigenvalue weighted by Crippen LogP contribution is -2.15. The van der Waals surface area contributed by atoms with Crippen LogP contribution in [0.15, 0.2) is 18.2 Å². The monoisotopic (exact) mass is 233 g/mol. The van der Waals surface area contributed by atoms with Crippen LogP contribution in [0.4, 0.5) is 13.2 Å². The summed E-state index contributed by atoms with van der Waals surface area (Å²) in [5, 5.41) is 0. The van der Waals surface area contributed by atoms with Crippen LogP contribution in [-0.4, -0.2) is 13.0 Å². The molecular weight excluding hydrogens is 223 g/mol. The second kappa shape index (κ2) is 4.42. The van der Waals surface area contributed by atoms with Crippen molar-refractivity contribution in [1.29, 1.82) is 0 Å². The second-order valence-corrected chi connectivity index (χ2v) is 3.17. The summed E-state index contributed by atoms with van der Waals surface area (Å²) in [6.45, 7) is 0. The number of benzene rings is 1. The minimum Gasteiger partial charge on any atom is -0.496 e. The van der Waals surface area contributed by atoms with Crippen molar-refractivity contribution >= 4 is 5.91 Å². The van der Waals surface area contributed by atoms with E-state index in [9.17, 15) is 18.0 Å². The molecule has 3 nitrogen and oxygen atoms in total. The Bertz CT molecular complexity index is 402. The van der Waals surface area contributed by atoms with Crippen LogP contribution in [-0.2, 0) is 17.4 Å².